The van der Waals surface area contributed by atoms with Crippen molar-refractivity contribution >= 4 is 16.1 Å². The second-order valence-electron chi connectivity index (χ2n) is 4.22. The smallest absolute Gasteiger partial charge is 0.282 e. The zero-order chi connectivity index (χ0) is 12.9. The summed E-state index contributed by atoms with van der Waals surface area (Å²) in [5.74, 6) is -0.227. The first-order chi connectivity index (χ1) is 7.98. The number of rotatable bonds is 5. The highest BCUT2D eigenvalue weighted by Crippen LogP contribution is 2.09. The van der Waals surface area contributed by atoms with Crippen LogP contribution in [0.5, 0.6) is 0 Å². The molecule has 1 fully saturated rings. The van der Waals surface area contributed by atoms with E-state index in [1.165, 1.54) is 8.61 Å². The minimum Gasteiger partial charge on any atom is -0.355 e. The van der Waals surface area contributed by atoms with Gasteiger partial charge in [-0.3, -0.25) is 4.79 Å². The molecule has 0 radical (unpaired) electrons. The highest BCUT2D eigenvalue weighted by atomic mass is 32.2. The predicted molar refractivity (Wildman–Crippen MR) is 65.7 cm³/mol. The molecule has 0 atom stereocenters. The first kappa shape index (κ1) is 14.4. The van der Waals surface area contributed by atoms with Crippen molar-refractivity contribution in [1.29, 1.82) is 0 Å². The maximum Gasteiger partial charge on any atom is 0.282 e. The third-order valence-corrected chi connectivity index (χ3v) is 4.71. The van der Waals surface area contributed by atoms with Gasteiger partial charge in [-0.05, 0) is 12.8 Å². The van der Waals surface area contributed by atoms with Gasteiger partial charge in [-0.25, -0.2) is 0 Å². The van der Waals surface area contributed by atoms with Gasteiger partial charge in [0.25, 0.3) is 10.2 Å². The second-order valence-corrected chi connectivity index (χ2v) is 6.26. The van der Waals surface area contributed by atoms with E-state index in [2.05, 4.69) is 5.32 Å². The van der Waals surface area contributed by atoms with E-state index in [4.69, 9.17) is 0 Å². The maximum atomic E-state index is 12.2. The SMILES string of the molecule is CCCCN(C)S(=O)(=O)N1CCCNC(=O)C1. The van der Waals surface area contributed by atoms with Crippen molar-refractivity contribution in [1.82, 2.24) is 13.9 Å². The maximum absolute atomic E-state index is 12.2. The van der Waals surface area contributed by atoms with Crippen LogP contribution in [-0.4, -0.2) is 56.2 Å². The van der Waals surface area contributed by atoms with Gasteiger partial charge in [-0.1, -0.05) is 13.3 Å². The summed E-state index contributed by atoms with van der Waals surface area (Å²) in [6.07, 6.45) is 2.43. The summed E-state index contributed by atoms with van der Waals surface area (Å²) in [7, 11) is -1.92. The topological polar surface area (TPSA) is 69.7 Å². The van der Waals surface area contributed by atoms with E-state index in [1.807, 2.05) is 6.92 Å². The Kier molecular flexibility index (Phi) is 5.35. The fraction of sp³-hybridized carbons (Fsp3) is 0.900. The molecule has 1 aliphatic heterocycles. The molecule has 0 spiro atoms. The molecule has 1 rings (SSSR count). The summed E-state index contributed by atoms with van der Waals surface area (Å²) in [4.78, 5) is 11.3. The first-order valence-corrected chi connectivity index (χ1v) is 7.36. The van der Waals surface area contributed by atoms with Crippen molar-refractivity contribution in [3.05, 3.63) is 0 Å². The molecule has 1 aliphatic rings. The molecule has 0 bridgehead atoms. The molecule has 1 heterocycles. The number of carbonyl (C=O) groups is 1. The lowest BCUT2D eigenvalue weighted by Crippen LogP contribution is -2.45. The number of nitrogens with one attached hydrogen (secondary N) is 1. The largest absolute Gasteiger partial charge is 0.355 e. The minimum atomic E-state index is -3.48. The molecule has 17 heavy (non-hydrogen) atoms. The Morgan fingerprint density at radius 3 is 2.82 bits per heavy atom. The van der Waals surface area contributed by atoms with Crippen LogP contribution >= 0.6 is 0 Å². The van der Waals surface area contributed by atoms with E-state index in [0.717, 1.165) is 12.8 Å². The van der Waals surface area contributed by atoms with Gasteiger partial charge < -0.3 is 5.32 Å². The van der Waals surface area contributed by atoms with Gasteiger partial charge in [0.15, 0.2) is 0 Å². The zero-order valence-corrected chi connectivity index (χ0v) is 11.3. The molecule has 7 heteroatoms. The molecular formula is C10H21N3O3S. The van der Waals surface area contributed by atoms with Gasteiger partial charge >= 0.3 is 0 Å². The molecule has 0 saturated carbocycles. The van der Waals surface area contributed by atoms with Crippen LogP contribution in [0.2, 0.25) is 0 Å². The van der Waals surface area contributed by atoms with Crippen LogP contribution in [0.25, 0.3) is 0 Å². The molecule has 1 amide bonds. The zero-order valence-electron chi connectivity index (χ0n) is 10.5. The van der Waals surface area contributed by atoms with Crippen LogP contribution in [0.15, 0.2) is 0 Å². The summed E-state index contributed by atoms with van der Waals surface area (Å²) < 4.78 is 26.9. The third-order valence-electron chi connectivity index (χ3n) is 2.77. The number of amides is 1. The molecule has 1 saturated heterocycles. The van der Waals surface area contributed by atoms with E-state index in [1.54, 1.807) is 7.05 Å². The van der Waals surface area contributed by atoms with Crippen molar-refractivity contribution in [2.75, 3.05) is 33.2 Å². The Bertz CT molecular complexity index is 356. The van der Waals surface area contributed by atoms with Crippen LogP contribution in [0, 0.1) is 0 Å². The van der Waals surface area contributed by atoms with Crippen molar-refractivity contribution in [3.63, 3.8) is 0 Å². The Hall–Kier alpha value is -0.660. The van der Waals surface area contributed by atoms with Gasteiger partial charge in [0, 0.05) is 26.7 Å². The first-order valence-electron chi connectivity index (χ1n) is 5.96. The van der Waals surface area contributed by atoms with Crippen LogP contribution in [-0.2, 0) is 15.0 Å². The molecule has 0 aromatic carbocycles. The lowest BCUT2D eigenvalue weighted by molar-refractivity contribution is -0.120. The molecule has 1 N–H and O–H groups in total. The number of carbonyl (C=O) groups excluding carboxylic acids is 1. The van der Waals surface area contributed by atoms with Crippen molar-refractivity contribution in [2.45, 2.75) is 26.2 Å². The van der Waals surface area contributed by atoms with E-state index < -0.39 is 10.2 Å². The second kappa shape index (κ2) is 6.32. The quantitative estimate of drug-likeness (QED) is 0.746. The molecule has 6 nitrogen and oxygen atoms in total. The van der Waals surface area contributed by atoms with Gasteiger partial charge in [0.1, 0.15) is 0 Å². The van der Waals surface area contributed by atoms with Crippen LogP contribution in [0.4, 0.5) is 0 Å². The molecule has 0 aromatic rings. The monoisotopic (exact) mass is 263 g/mol. The summed E-state index contributed by atoms with van der Waals surface area (Å²) in [6.45, 7) is 3.39. The highest BCUT2D eigenvalue weighted by Gasteiger charge is 2.29. The number of nitrogens with zero attached hydrogens (tertiary/aromatic N) is 2. The average Bonchev–Trinajstić information content (AvgIpc) is 2.50. The Balaban J connectivity index is 2.70. The van der Waals surface area contributed by atoms with Gasteiger partial charge in [-0.15, -0.1) is 0 Å². The average molecular weight is 263 g/mol. The predicted octanol–water partition coefficient (Wildman–Crippen LogP) is -0.215. The van der Waals surface area contributed by atoms with Gasteiger partial charge in [0.05, 0.1) is 6.54 Å². The minimum absolute atomic E-state index is 0.0706. The van der Waals surface area contributed by atoms with E-state index >= 15 is 0 Å². The fourth-order valence-electron chi connectivity index (χ4n) is 1.67. The summed E-state index contributed by atoms with van der Waals surface area (Å²) in [5.41, 5.74) is 0. The molecular weight excluding hydrogens is 242 g/mol. The third kappa shape index (κ3) is 3.93. The number of hydrogen-bond acceptors (Lipinski definition) is 3. The van der Waals surface area contributed by atoms with E-state index in [0.29, 0.717) is 26.1 Å². The Morgan fingerprint density at radius 1 is 1.47 bits per heavy atom. The molecule has 0 aromatic heterocycles. The number of hydrogen-bond donors (Lipinski definition) is 1. The summed E-state index contributed by atoms with van der Waals surface area (Å²) in [6, 6.07) is 0. The molecule has 100 valence electrons. The van der Waals surface area contributed by atoms with Crippen molar-refractivity contribution in [2.24, 2.45) is 0 Å². The van der Waals surface area contributed by atoms with E-state index in [9.17, 15) is 13.2 Å². The van der Waals surface area contributed by atoms with Crippen molar-refractivity contribution < 1.29 is 13.2 Å². The lowest BCUT2D eigenvalue weighted by atomic mass is 10.3. The van der Waals surface area contributed by atoms with Gasteiger partial charge in [0.2, 0.25) is 5.91 Å². The van der Waals surface area contributed by atoms with Crippen LogP contribution < -0.4 is 5.32 Å². The molecule has 0 aliphatic carbocycles. The summed E-state index contributed by atoms with van der Waals surface area (Å²) in [5, 5.41) is 2.67. The lowest BCUT2D eigenvalue weighted by Gasteiger charge is -2.25. The Morgan fingerprint density at radius 2 is 2.18 bits per heavy atom. The van der Waals surface area contributed by atoms with Crippen LogP contribution in [0.3, 0.4) is 0 Å². The molecule has 0 unspecified atom stereocenters. The standard InChI is InChI=1S/C10H21N3O3S/c1-3-4-7-12(2)17(15,16)13-8-5-6-11-10(14)9-13/h3-9H2,1-2H3,(H,11,14). The Labute approximate surface area is 103 Å². The van der Waals surface area contributed by atoms with Crippen LogP contribution in [0.1, 0.15) is 26.2 Å². The summed E-state index contributed by atoms with van der Waals surface area (Å²) >= 11 is 0. The normalized spacial score (nSPS) is 19.1. The van der Waals surface area contributed by atoms with Gasteiger partial charge in [-0.2, -0.15) is 17.0 Å². The van der Waals surface area contributed by atoms with E-state index in [-0.39, 0.29) is 12.5 Å². The number of unbranched alkanes of at least 4 members (excludes halogenated alkanes) is 1. The highest BCUT2D eigenvalue weighted by molar-refractivity contribution is 7.86. The fourth-order valence-corrected chi connectivity index (χ4v) is 3.06. The van der Waals surface area contributed by atoms with Crippen molar-refractivity contribution in [3.8, 4) is 0 Å².